The minimum absolute atomic E-state index is 0.218. The summed E-state index contributed by atoms with van der Waals surface area (Å²) in [5, 5.41) is 23.5. The molecule has 0 aliphatic carbocycles. The number of aromatic carboxylic acids is 1. The molecule has 9 heteroatoms. The Bertz CT molecular complexity index is 534. The van der Waals surface area contributed by atoms with Crippen molar-refractivity contribution in [2.45, 2.75) is 30.9 Å². The highest BCUT2D eigenvalue weighted by atomic mass is 32.2. The van der Waals surface area contributed by atoms with Crippen molar-refractivity contribution in [1.82, 2.24) is 14.9 Å². The van der Waals surface area contributed by atoms with Crippen molar-refractivity contribution in [3.05, 3.63) is 11.8 Å². The molecule has 102 valence electrons. The van der Waals surface area contributed by atoms with Crippen molar-refractivity contribution < 1.29 is 23.4 Å². The van der Waals surface area contributed by atoms with E-state index in [2.05, 4.69) is 14.9 Å². The molecular weight excluding hydrogens is 262 g/mol. The van der Waals surface area contributed by atoms with Crippen LogP contribution < -0.4 is 4.72 Å². The van der Waals surface area contributed by atoms with E-state index in [1.54, 1.807) is 6.92 Å². The number of rotatable bonds is 6. The molecule has 0 radical (unpaired) electrons. The van der Waals surface area contributed by atoms with Gasteiger partial charge in [0.1, 0.15) is 5.56 Å². The molecule has 0 aromatic carbocycles. The van der Waals surface area contributed by atoms with Crippen molar-refractivity contribution in [2.75, 3.05) is 6.54 Å². The zero-order valence-electron chi connectivity index (χ0n) is 9.97. The summed E-state index contributed by atoms with van der Waals surface area (Å²) in [5.74, 6) is -1.40. The Labute approximate surface area is 104 Å². The molecule has 1 heterocycles. The lowest BCUT2D eigenvalue weighted by atomic mass is 10.1. The number of nitrogens with zero attached hydrogens (tertiary/aromatic N) is 1. The lowest BCUT2D eigenvalue weighted by Gasteiger charge is -2.21. The first kappa shape index (κ1) is 14.6. The van der Waals surface area contributed by atoms with Crippen LogP contribution >= 0.6 is 0 Å². The van der Waals surface area contributed by atoms with Crippen LogP contribution in [0, 0.1) is 0 Å². The Balaban J connectivity index is 2.94. The largest absolute Gasteiger partial charge is 0.478 e. The van der Waals surface area contributed by atoms with Crippen LogP contribution in [0.15, 0.2) is 11.2 Å². The number of carboxylic acids is 1. The summed E-state index contributed by atoms with van der Waals surface area (Å²) in [6, 6.07) is 0. The van der Waals surface area contributed by atoms with E-state index in [0.717, 1.165) is 6.20 Å². The van der Waals surface area contributed by atoms with E-state index in [-0.39, 0.29) is 6.54 Å². The van der Waals surface area contributed by atoms with Crippen LogP contribution in [0.4, 0.5) is 0 Å². The van der Waals surface area contributed by atoms with Gasteiger partial charge < -0.3 is 10.2 Å². The molecule has 0 saturated heterocycles. The van der Waals surface area contributed by atoms with E-state index in [9.17, 15) is 18.3 Å². The molecule has 1 atom stereocenters. The predicted octanol–water partition coefficient (Wildman–Crippen LogP) is -0.453. The average Bonchev–Trinajstić information content (AvgIpc) is 2.76. The second kappa shape index (κ2) is 5.04. The maximum absolute atomic E-state index is 11.8. The summed E-state index contributed by atoms with van der Waals surface area (Å²) < 4.78 is 25.8. The van der Waals surface area contributed by atoms with Crippen LogP contribution in [-0.4, -0.2) is 46.9 Å². The molecule has 4 N–H and O–H groups in total. The van der Waals surface area contributed by atoms with Gasteiger partial charge in [-0.3, -0.25) is 5.10 Å². The number of aliphatic hydroxyl groups is 1. The molecule has 0 aliphatic rings. The number of sulfonamides is 1. The van der Waals surface area contributed by atoms with Gasteiger partial charge in [0.2, 0.25) is 0 Å². The summed E-state index contributed by atoms with van der Waals surface area (Å²) in [5.41, 5.74) is -1.64. The molecule has 18 heavy (non-hydrogen) atoms. The van der Waals surface area contributed by atoms with E-state index >= 15 is 0 Å². The zero-order valence-corrected chi connectivity index (χ0v) is 10.8. The zero-order chi connectivity index (χ0) is 14.0. The third-order valence-electron chi connectivity index (χ3n) is 2.51. The fourth-order valence-corrected chi connectivity index (χ4v) is 2.33. The maximum atomic E-state index is 11.8. The van der Waals surface area contributed by atoms with Gasteiger partial charge in [0.05, 0.1) is 11.8 Å². The number of nitrogens with one attached hydrogen (secondary N) is 2. The van der Waals surface area contributed by atoms with Crippen molar-refractivity contribution >= 4 is 16.0 Å². The minimum atomic E-state index is -4.04. The quantitative estimate of drug-likeness (QED) is 0.556. The van der Waals surface area contributed by atoms with E-state index in [1.165, 1.54) is 6.92 Å². The number of hydrogen-bond donors (Lipinski definition) is 4. The summed E-state index contributed by atoms with van der Waals surface area (Å²) >= 11 is 0. The third kappa shape index (κ3) is 3.28. The van der Waals surface area contributed by atoms with Gasteiger partial charge in [-0.1, -0.05) is 6.92 Å². The van der Waals surface area contributed by atoms with Gasteiger partial charge in [0.15, 0.2) is 5.03 Å². The molecule has 1 aromatic heterocycles. The molecule has 1 rings (SSSR count). The number of H-pyrrole nitrogens is 1. The normalized spacial score (nSPS) is 15.3. The van der Waals surface area contributed by atoms with Gasteiger partial charge in [0.25, 0.3) is 10.0 Å². The van der Waals surface area contributed by atoms with E-state index in [4.69, 9.17) is 5.11 Å². The molecule has 0 amide bonds. The van der Waals surface area contributed by atoms with Gasteiger partial charge in [-0.15, -0.1) is 0 Å². The summed E-state index contributed by atoms with van der Waals surface area (Å²) in [4.78, 5) is 10.8. The molecule has 0 saturated carbocycles. The predicted molar refractivity (Wildman–Crippen MR) is 61.7 cm³/mol. The van der Waals surface area contributed by atoms with Crippen molar-refractivity contribution in [3.63, 3.8) is 0 Å². The van der Waals surface area contributed by atoms with E-state index in [1.807, 2.05) is 0 Å². The summed E-state index contributed by atoms with van der Waals surface area (Å²) in [6.45, 7) is 2.96. The first-order valence-electron chi connectivity index (χ1n) is 5.18. The van der Waals surface area contributed by atoms with Gasteiger partial charge in [0, 0.05) is 6.54 Å². The fraction of sp³-hybridized carbons (Fsp3) is 0.556. The van der Waals surface area contributed by atoms with Crippen LogP contribution in [0.3, 0.4) is 0 Å². The van der Waals surface area contributed by atoms with Gasteiger partial charge in [-0.05, 0) is 13.3 Å². The standard InChI is InChI=1S/C9H15N3O5S/c1-3-9(2,15)5-11-18(16,17)7-6(8(13)14)4-10-12-7/h4,11,15H,3,5H2,1-2H3,(H,10,12)(H,13,14). The molecule has 1 unspecified atom stereocenters. The Morgan fingerprint density at radius 2 is 2.22 bits per heavy atom. The molecule has 1 aromatic rings. The number of aromatic amines is 1. The fourth-order valence-electron chi connectivity index (χ4n) is 1.08. The number of aromatic nitrogens is 2. The lowest BCUT2D eigenvalue weighted by Crippen LogP contribution is -2.40. The van der Waals surface area contributed by atoms with Crippen LogP contribution in [0.1, 0.15) is 30.6 Å². The van der Waals surface area contributed by atoms with Crippen molar-refractivity contribution in [1.29, 1.82) is 0 Å². The van der Waals surface area contributed by atoms with Gasteiger partial charge in [-0.2, -0.15) is 5.10 Å². The van der Waals surface area contributed by atoms with E-state index in [0.29, 0.717) is 6.42 Å². The number of carboxylic acid groups (broad SMARTS) is 1. The lowest BCUT2D eigenvalue weighted by molar-refractivity contribution is 0.0613. The summed E-state index contributed by atoms with van der Waals surface area (Å²) in [6.07, 6.45) is 1.26. The highest BCUT2D eigenvalue weighted by Crippen LogP contribution is 2.13. The molecular formula is C9H15N3O5S. The first-order valence-corrected chi connectivity index (χ1v) is 6.66. The van der Waals surface area contributed by atoms with Gasteiger partial charge in [-0.25, -0.2) is 17.9 Å². The average molecular weight is 277 g/mol. The Morgan fingerprint density at radius 3 is 2.72 bits per heavy atom. The van der Waals surface area contributed by atoms with Crippen molar-refractivity contribution in [3.8, 4) is 0 Å². The first-order chi connectivity index (χ1) is 8.19. The van der Waals surface area contributed by atoms with Gasteiger partial charge >= 0.3 is 5.97 Å². The van der Waals surface area contributed by atoms with Crippen molar-refractivity contribution in [2.24, 2.45) is 0 Å². The second-order valence-corrected chi connectivity index (χ2v) is 5.80. The molecule has 0 bridgehead atoms. The number of carbonyl (C=O) groups is 1. The second-order valence-electron chi connectivity index (χ2n) is 4.09. The van der Waals surface area contributed by atoms with Crippen LogP contribution in [0.5, 0.6) is 0 Å². The molecule has 0 fully saturated rings. The SMILES string of the molecule is CCC(C)(O)CNS(=O)(=O)c1[nH]ncc1C(=O)O. The number of hydrogen-bond acceptors (Lipinski definition) is 5. The molecule has 0 spiro atoms. The van der Waals surface area contributed by atoms with Crippen LogP contribution in [0.2, 0.25) is 0 Å². The Kier molecular flexibility index (Phi) is 4.09. The Morgan fingerprint density at radius 1 is 1.61 bits per heavy atom. The van der Waals surface area contributed by atoms with Crippen LogP contribution in [0.25, 0.3) is 0 Å². The van der Waals surface area contributed by atoms with Crippen LogP contribution in [-0.2, 0) is 10.0 Å². The molecule has 0 aliphatic heterocycles. The Hall–Kier alpha value is -1.45. The highest BCUT2D eigenvalue weighted by molar-refractivity contribution is 7.89. The third-order valence-corrected chi connectivity index (χ3v) is 3.88. The minimum Gasteiger partial charge on any atom is -0.478 e. The smallest absolute Gasteiger partial charge is 0.340 e. The maximum Gasteiger partial charge on any atom is 0.340 e. The topological polar surface area (TPSA) is 132 Å². The summed E-state index contributed by atoms with van der Waals surface area (Å²) in [7, 11) is -4.04. The highest BCUT2D eigenvalue weighted by Gasteiger charge is 2.27. The van der Waals surface area contributed by atoms with E-state index < -0.39 is 32.2 Å². The molecule has 8 nitrogen and oxygen atoms in total. The monoisotopic (exact) mass is 277 g/mol.